The number of fused-ring (bicyclic) bond motifs is 2. The predicted molar refractivity (Wildman–Crippen MR) is 78.9 cm³/mol. The van der Waals surface area contributed by atoms with Crippen LogP contribution in [0.3, 0.4) is 0 Å². The van der Waals surface area contributed by atoms with E-state index >= 15 is 0 Å². The van der Waals surface area contributed by atoms with Crippen LogP contribution in [0.15, 0.2) is 0 Å². The van der Waals surface area contributed by atoms with Gasteiger partial charge < -0.3 is 29.0 Å². The second-order valence-electron chi connectivity index (χ2n) is 5.67. The number of hydrogen-bond donors (Lipinski definition) is 1. The zero-order valence-electron chi connectivity index (χ0n) is 14.1. The average molecular weight is 345 g/mol. The van der Waals surface area contributed by atoms with Crippen LogP contribution in [-0.2, 0) is 38.1 Å². The molecular formula is C15H23NO8. The van der Waals surface area contributed by atoms with Gasteiger partial charge in [0, 0.05) is 28.2 Å². The van der Waals surface area contributed by atoms with E-state index in [1.54, 1.807) is 0 Å². The molecule has 0 spiro atoms. The molecule has 1 amide bonds. The molecular weight excluding hydrogens is 322 g/mol. The zero-order chi connectivity index (χ0) is 17.9. The molecule has 0 saturated carbocycles. The lowest BCUT2D eigenvalue weighted by Crippen LogP contribution is -2.55. The van der Waals surface area contributed by atoms with Crippen LogP contribution in [0.1, 0.15) is 6.92 Å². The zero-order valence-corrected chi connectivity index (χ0v) is 14.1. The van der Waals surface area contributed by atoms with E-state index in [2.05, 4.69) is 5.32 Å². The van der Waals surface area contributed by atoms with Crippen molar-refractivity contribution in [1.29, 1.82) is 0 Å². The molecule has 6 atom stereocenters. The summed E-state index contributed by atoms with van der Waals surface area (Å²) in [6.07, 6.45) is -2.87. The normalized spacial score (nSPS) is 34.0. The fourth-order valence-electron chi connectivity index (χ4n) is 3.37. The summed E-state index contributed by atoms with van der Waals surface area (Å²) in [5.41, 5.74) is 0. The van der Waals surface area contributed by atoms with E-state index < -0.39 is 48.2 Å². The molecule has 136 valence electrons. The smallest absolute Gasteiger partial charge is 0.312 e. The first-order valence-electron chi connectivity index (χ1n) is 7.68. The Kier molecular flexibility index (Phi) is 6.14. The molecule has 2 aliphatic rings. The Labute approximate surface area is 139 Å². The SMILES string of the molecule is CNC(=O)C1C(C(=O)OCCOC)C2O[C@@H]1[C@@H](OC(C)=O)C2OC. The summed E-state index contributed by atoms with van der Waals surface area (Å²) < 4.78 is 26.4. The molecule has 2 fully saturated rings. The molecule has 2 heterocycles. The van der Waals surface area contributed by atoms with Crippen molar-refractivity contribution in [2.24, 2.45) is 11.8 Å². The van der Waals surface area contributed by atoms with E-state index in [0.717, 1.165) is 0 Å². The fraction of sp³-hybridized carbons (Fsp3) is 0.800. The van der Waals surface area contributed by atoms with E-state index in [0.29, 0.717) is 0 Å². The lowest BCUT2D eigenvalue weighted by molar-refractivity contribution is -0.166. The van der Waals surface area contributed by atoms with Crippen molar-refractivity contribution >= 4 is 17.8 Å². The summed E-state index contributed by atoms with van der Waals surface area (Å²) >= 11 is 0. The highest BCUT2D eigenvalue weighted by atomic mass is 16.6. The molecule has 0 radical (unpaired) electrons. The Morgan fingerprint density at radius 3 is 2.25 bits per heavy atom. The van der Waals surface area contributed by atoms with Crippen molar-refractivity contribution in [3.63, 3.8) is 0 Å². The Bertz CT molecular complexity index is 496. The first kappa shape index (κ1) is 18.6. The molecule has 9 nitrogen and oxygen atoms in total. The van der Waals surface area contributed by atoms with Gasteiger partial charge in [-0.15, -0.1) is 0 Å². The monoisotopic (exact) mass is 345 g/mol. The second kappa shape index (κ2) is 7.91. The third-order valence-electron chi connectivity index (χ3n) is 4.31. The van der Waals surface area contributed by atoms with Crippen LogP contribution in [0.25, 0.3) is 0 Å². The number of rotatable bonds is 7. The third-order valence-corrected chi connectivity index (χ3v) is 4.31. The van der Waals surface area contributed by atoms with Crippen LogP contribution in [0.5, 0.6) is 0 Å². The van der Waals surface area contributed by atoms with Crippen LogP contribution in [0, 0.1) is 11.8 Å². The van der Waals surface area contributed by atoms with E-state index in [4.69, 9.17) is 23.7 Å². The maximum atomic E-state index is 12.4. The van der Waals surface area contributed by atoms with Crippen LogP contribution in [0.4, 0.5) is 0 Å². The minimum absolute atomic E-state index is 0.0781. The second-order valence-corrected chi connectivity index (χ2v) is 5.67. The van der Waals surface area contributed by atoms with Crippen molar-refractivity contribution in [2.75, 3.05) is 34.5 Å². The molecule has 1 N–H and O–H groups in total. The molecule has 2 saturated heterocycles. The number of nitrogens with one attached hydrogen (secondary N) is 1. The molecule has 2 bridgehead atoms. The van der Waals surface area contributed by atoms with Gasteiger partial charge in [-0.05, 0) is 0 Å². The predicted octanol–water partition coefficient (Wildman–Crippen LogP) is -1.12. The van der Waals surface area contributed by atoms with Gasteiger partial charge in [-0.2, -0.15) is 0 Å². The van der Waals surface area contributed by atoms with Gasteiger partial charge in [0.25, 0.3) is 0 Å². The van der Waals surface area contributed by atoms with Crippen molar-refractivity contribution in [3.8, 4) is 0 Å². The summed E-state index contributed by atoms with van der Waals surface area (Å²) in [5, 5.41) is 2.52. The van der Waals surface area contributed by atoms with Crippen LogP contribution in [-0.4, -0.2) is 76.7 Å². The fourth-order valence-corrected chi connectivity index (χ4v) is 3.37. The van der Waals surface area contributed by atoms with E-state index in [1.807, 2.05) is 0 Å². The highest BCUT2D eigenvalue weighted by Gasteiger charge is 2.66. The van der Waals surface area contributed by atoms with E-state index in [-0.39, 0.29) is 19.1 Å². The minimum Gasteiger partial charge on any atom is -0.463 e. The molecule has 9 heteroatoms. The number of hydrogen-bond acceptors (Lipinski definition) is 8. The van der Waals surface area contributed by atoms with Crippen molar-refractivity contribution in [1.82, 2.24) is 5.32 Å². The van der Waals surface area contributed by atoms with Crippen LogP contribution >= 0.6 is 0 Å². The molecule has 0 aliphatic carbocycles. The number of carbonyl (C=O) groups excluding carboxylic acids is 3. The molecule has 0 aromatic carbocycles. The standard InChI is InChI=1S/C15H23NO8/c1-7(17)23-13-10-8(14(18)16-2)9(11(24-10)12(13)21-4)15(19)22-6-5-20-3/h8-13H,5-6H2,1-4H3,(H,16,18)/t8?,9?,10-,11?,12?,13+/m0/s1. The quantitative estimate of drug-likeness (QED) is 0.457. The van der Waals surface area contributed by atoms with Crippen molar-refractivity contribution in [2.45, 2.75) is 31.3 Å². The van der Waals surface area contributed by atoms with Crippen molar-refractivity contribution in [3.05, 3.63) is 0 Å². The van der Waals surface area contributed by atoms with Gasteiger partial charge >= 0.3 is 11.9 Å². The summed E-state index contributed by atoms with van der Waals surface area (Å²) in [6, 6.07) is 0. The Morgan fingerprint density at radius 2 is 1.71 bits per heavy atom. The molecule has 0 aromatic rings. The lowest BCUT2D eigenvalue weighted by Gasteiger charge is -2.34. The average Bonchev–Trinajstić information content (AvgIpc) is 3.09. The first-order chi connectivity index (χ1) is 11.5. The van der Waals surface area contributed by atoms with Crippen LogP contribution in [0.2, 0.25) is 0 Å². The largest absolute Gasteiger partial charge is 0.463 e. The van der Waals surface area contributed by atoms with Crippen LogP contribution < -0.4 is 5.32 Å². The number of ether oxygens (including phenoxy) is 5. The van der Waals surface area contributed by atoms with Gasteiger partial charge in [0.2, 0.25) is 5.91 Å². The summed E-state index contributed by atoms with van der Waals surface area (Å²) in [5.74, 6) is -3.08. The van der Waals surface area contributed by atoms with Gasteiger partial charge in [-0.25, -0.2) is 0 Å². The maximum absolute atomic E-state index is 12.4. The molecule has 2 aliphatic heterocycles. The molecule has 0 aromatic heterocycles. The Morgan fingerprint density at radius 1 is 1.04 bits per heavy atom. The van der Waals surface area contributed by atoms with E-state index in [1.165, 1.54) is 28.2 Å². The molecule has 24 heavy (non-hydrogen) atoms. The number of carbonyl (C=O) groups is 3. The van der Waals surface area contributed by atoms with Gasteiger partial charge in [0.1, 0.15) is 24.9 Å². The highest BCUT2D eigenvalue weighted by molar-refractivity contribution is 5.87. The highest BCUT2D eigenvalue weighted by Crippen LogP contribution is 2.46. The minimum atomic E-state index is -0.830. The Balaban J connectivity index is 2.22. The number of amides is 1. The van der Waals surface area contributed by atoms with E-state index in [9.17, 15) is 14.4 Å². The molecule has 2 rings (SSSR count). The topological polar surface area (TPSA) is 109 Å². The summed E-state index contributed by atoms with van der Waals surface area (Å²) in [7, 11) is 4.40. The summed E-state index contributed by atoms with van der Waals surface area (Å²) in [6.45, 7) is 1.60. The van der Waals surface area contributed by atoms with Gasteiger partial charge in [0.15, 0.2) is 6.10 Å². The number of methoxy groups -OCH3 is 2. The van der Waals surface area contributed by atoms with Gasteiger partial charge in [-0.1, -0.05) is 0 Å². The van der Waals surface area contributed by atoms with Crippen molar-refractivity contribution < 1.29 is 38.1 Å². The van der Waals surface area contributed by atoms with Gasteiger partial charge in [0.05, 0.1) is 18.4 Å². The summed E-state index contributed by atoms with van der Waals surface area (Å²) in [4.78, 5) is 36.0. The first-order valence-corrected chi connectivity index (χ1v) is 7.68. The third kappa shape index (κ3) is 3.38. The Hall–Kier alpha value is -1.71. The number of esters is 2. The molecule has 4 unspecified atom stereocenters. The lowest BCUT2D eigenvalue weighted by atomic mass is 9.75. The van der Waals surface area contributed by atoms with Gasteiger partial charge in [-0.3, -0.25) is 14.4 Å². The maximum Gasteiger partial charge on any atom is 0.312 e.